The normalized spacial score (nSPS) is 11.6. The lowest BCUT2D eigenvalue weighted by Crippen LogP contribution is -1.90. The van der Waals surface area contributed by atoms with Crippen LogP contribution in [0.2, 0.25) is 0 Å². The second-order valence-electron chi connectivity index (χ2n) is 4.07. The van der Waals surface area contributed by atoms with Crippen LogP contribution < -0.4 is 5.32 Å². The molecule has 1 aliphatic heterocycles. The monoisotopic (exact) mass is 207 g/mol. The van der Waals surface area contributed by atoms with Crippen LogP contribution in [0.5, 0.6) is 0 Å². The zero-order chi connectivity index (χ0) is 11.7. The minimum atomic E-state index is 0.833. The second kappa shape index (κ2) is 8.34. The molecule has 0 bridgehead atoms. The number of anilines is 1. The molecule has 1 heteroatoms. The Hall–Kier alpha value is -0.980. The molecule has 1 aliphatic rings. The molecule has 1 aromatic rings. The summed E-state index contributed by atoms with van der Waals surface area (Å²) < 4.78 is 0. The number of fused-ring (bicyclic) bond motifs is 1. The fourth-order valence-corrected chi connectivity index (χ4v) is 1.24. The fourth-order valence-electron chi connectivity index (χ4n) is 1.24. The molecule has 1 nitrogen and oxygen atoms in total. The summed E-state index contributed by atoms with van der Waals surface area (Å²) >= 11 is 0. The summed E-state index contributed by atoms with van der Waals surface area (Å²) in [5.74, 6) is 0.833. The molecule has 1 N–H and O–H groups in total. The maximum Gasteiger partial charge on any atom is 0.0373 e. The molecule has 15 heavy (non-hydrogen) atoms. The highest BCUT2D eigenvalue weighted by Crippen LogP contribution is 2.19. The van der Waals surface area contributed by atoms with Gasteiger partial charge in [-0.25, -0.2) is 0 Å². The summed E-state index contributed by atoms with van der Waals surface area (Å²) in [6, 6.07) is 8.46. The van der Waals surface area contributed by atoms with Crippen LogP contribution in [0.25, 0.3) is 0 Å². The van der Waals surface area contributed by atoms with Gasteiger partial charge < -0.3 is 5.32 Å². The Morgan fingerprint density at radius 2 is 1.60 bits per heavy atom. The van der Waals surface area contributed by atoms with Crippen LogP contribution in [0.1, 0.15) is 40.2 Å². The van der Waals surface area contributed by atoms with Gasteiger partial charge in [0.25, 0.3) is 0 Å². The van der Waals surface area contributed by atoms with Crippen molar-refractivity contribution in [2.75, 3.05) is 11.9 Å². The highest BCUT2D eigenvalue weighted by Gasteiger charge is 2.05. The second-order valence-corrected chi connectivity index (χ2v) is 4.07. The molecule has 0 atom stereocenters. The maximum atomic E-state index is 3.30. The van der Waals surface area contributed by atoms with Crippen LogP contribution in [-0.4, -0.2) is 6.54 Å². The first kappa shape index (κ1) is 14.0. The van der Waals surface area contributed by atoms with E-state index >= 15 is 0 Å². The van der Waals surface area contributed by atoms with E-state index in [9.17, 15) is 0 Å². The number of hydrogen-bond donors (Lipinski definition) is 1. The minimum absolute atomic E-state index is 0.833. The van der Waals surface area contributed by atoms with Gasteiger partial charge in [0.05, 0.1) is 0 Å². The van der Waals surface area contributed by atoms with E-state index in [-0.39, 0.29) is 0 Å². The Kier molecular flexibility index (Phi) is 7.79. The van der Waals surface area contributed by atoms with Crippen molar-refractivity contribution in [3.63, 3.8) is 0 Å². The molecule has 0 aliphatic carbocycles. The van der Waals surface area contributed by atoms with E-state index in [0.717, 1.165) is 12.5 Å². The predicted molar refractivity (Wildman–Crippen MR) is 70.5 cm³/mol. The van der Waals surface area contributed by atoms with Gasteiger partial charge in [-0.3, -0.25) is 0 Å². The van der Waals surface area contributed by atoms with Crippen LogP contribution in [-0.2, 0) is 6.42 Å². The Morgan fingerprint density at radius 3 is 2.13 bits per heavy atom. The lowest BCUT2D eigenvalue weighted by Gasteiger charge is -1.94. The third kappa shape index (κ3) is 6.16. The van der Waals surface area contributed by atoms with Crippen LogP contribution in [0.15, 0.2) is 24.3 Å². The first-order chi connectivity index (χ1) is 7.20. The number of benzene rings is 1. The summed E-state index contributed by atoms with van der Waals surface area (Å²) in [6.45, 7) is 11.6. The SMILES string of the molecule is CC.CC(C)C.c1ccc2c(c1)CCN2. The number of rotatable bonds is 0. The van der Waals surface area contributed by atoms with Crippen LogP contribution in [0, 0.1) is 5.92 Å². The fraction of sp³-hybridized carbons (Fsp3) is 0.571. The Labute approximate surface area is 94.9 Å². The standard InChI is InChI=1S/C8H9N.C4H10.C2H6/c1-2-4-8-7(3-1)5-6-9-8;1-4(2)3;1-2/h1-4,9H,5-6H2;4H,1-3H3;1-2H3. The van der Waals surface area contributed by atoms with Crippen molar-refractivity contribution in [3.05, 3.63) is 29.8 Å². The van der Waals surface area contributed by atoms with Crippen molar-refractivity contribution in [3.8, 4) is 0 Å². The third-order valence-corrected chi connectivity index (χ3v) is 1.73. The molecule has 1 heterocycles. The van der Waals surface area contributed by atoms with Crippen LogP contribution >= 0.6 is 0 Å². The average molecular weight is 207 g/mol. The molecular weight excluding hydrogens is 182 g/mol. The molecule has 86 valence electrons. The van der Waals surface area contributed by atoms with Gasteiger partial charge in [0.15, 0.2) is 0 Å². The average Bonchev–Trinajstić information content (AvgIpc) is 2.67. The first-order valence-corrected chi connectivity index (χ1v) is 6.02. The van der Waals surface area contributed by atoms with Crippen LogP contribution in [0.3, 0.4) is 0 Å². The summed E-state index contributed by atoms with van der Waals surface area (Å²) in [5, 5.41) is 3.30. The van der Waals surface area contributed by atoms with Crippen molar-refractivity contribution in [2.45, 2.75) is 41.0 Å². The molecule has 0 radical (unpaired) electrons. The molecule has 0 fully saturated rings. The smallest absolute Gasteiger partial charge is 0.0373 e. The summed E-state index contributed by atoms with van der Waals surface area (Å²) in [7, 11) is 0. The zero-order valence-corrected chi connectivity index (χ0v) is 10.8. The van der Waals surface area contributed by atoms with E-state index < -0.39 is 0 Å². The van der Waals surface area contributed by atoms with Gasteiger partial charge in [0, 0.05) is 12.2 Å². The summed E-state index contributed by atoms with van der Waals surface area (Å²) in [6.07, 6.45) is 1.19. The Bertz CT molecular complexity index is 228. The van der Waals surface area contributed by atoms with Crippen LogP contribution in [0.4, 0.5) is 5.69 Å². The van der Waals surface area contributed by atoms with Gasteiger partial charge in [-0.05, 0) is 24.0 Å². The summed E-state index contributed by atoms with van der Waals surface area (Å²) in [4.78, 5) is 0. The molecule has 1 aromatic carbocycles. The maximum absolute atomic E-state index is 3.30. The van der Waals surface area contributed by atoms with Crippen molar-refractivity contribution >= 4 is 5.69 Å². The van der Waals surface area contributed by atoms with Crippen molar-refractivity contribution in [1.82, 2.24) is 0 Å². The van der Waals surface area contributed by atoms with Crippen molar-refractivity contribution in [1.29, 1.82) is 0 Å². The topological polar surface area (TPSA) is 12.0 Å². The van der Waals surface area contributed by atoms with Gasteiger partial charge in [-0.15, -0.1) is 0 Å². The highest BCUT2D eigenvalue weighted by atomic mass is 14.9. The molecule has 0 aromatic heterocycles. The molecule has 2 rings (SSSR count). The van der Waals surface area contributed by atoms with E-state index in [1.54, 1.807) is 0 Å². The number of nitrogens with one attached hydrogen (secondary N) is 1. The van der Waals surface area contributed by atoms with E-state index in [1.165, 1.54) is 17.7 Å². The number of para-hydroxylation sites is 1. The zero-order valence-electron chi connectivity index (χ0n) is 10.8. The summed E-state index contributed by atoms with van der Waals surface area (Å²) in [5.41, 5.74) is 2.77. The van der Waals surface area contributed by atoms with E-state index in [1.807, 2.05) is 13.8 Å². The minimum Gasteiger partial charge on any atom is -0.384 e. The molecule has 0 saturated carbocycles. The molecule has 0 amide bonds. The van der Waals surface area contributed by atoms with E-state index in [2.05, 4.69) is 50.4 Å². The highest BCUT2D eigenvalue weighted by molar-refractivity contribution is 5.54. The van der Waals surface area contributed by atoms with Crippen molar-refractivity contribution in [2.24, 2.45) is 5.92 Å². The first-order valence-electron chi connectivity index (χ1n) is 6.02. The van der Waals surface area contributed by atoms with Gasteiger partial charge in [0.1, 0.15) is 0 Å². The van der Waals surface area contributed by atoms with Gasteiger partial charge >= 0.3 is 0 Å². The largest absolute Gasteiger partial charge is 0.384 e. The van der Waals surface area contributed by atoms with Gasteiger partial charge in [-0.2, -0.15) is 0 Å². The Morgan fingerprint density at radius 1 is 1.07 bits per heavy atom. The molecule has 0 unspecified atom stereocenters. The lowest BCUT2D eigenvalue weighted by atomic mass is 10.2. The van der Waals surface area contributed by atoms with Gasteiger partial charge in [0.2, 0.25) is 0 Å². The third-order valence-electron chi connectivity index (χ3n) is 1.73. The molecule has 0 saturated heterocycles. The van der Waals surface area contributed by atoms with E-state index in [0.29, 0.717) is 0 Å². The quantitative estimate of drug-likeness (QED) is 0.667. The predicted octanol–water partition coefficient (Wildman–Crippen LogP) is 4.34. The lowest BCUT2D eigenvalue weighted by molar-refractivity contribution is 0.737. The molecule has 0 spiro atoms. The van der Waals surface area contributed by atoms with E-state index in [4.69, 9.17) is 0 Å². The Balaban J connectivity index is 0.000000282. The van der Waals surface area contributed by atoms with Crippen molar-refractivity contribution < 1.29 is 0 Å². The molecular formula is C14H25N. The number of hydrogen-bond acceptors (Lipinski definition) is 1. The van der Waals surface area contributed by atoms with Gasteiger partial charge in [-0.1, -0.05) is 52.8 Å².